The maximum atomic E-state index is 5.34. The van der Waals surface area contributed by atoms with Crippen LogP contribution in [-0.2, 0) is 0 Å². The molecule has 0 aliphatic rings. The zero-order valence-electron chi connectivity index (χ0n) is 18.9. The quantitative estimate of drug-likeness (QED) is 0.231. The van der Waals surface area contributed by atoms with E-state index in [9.17, 15) is 0 Å². The molecule has 2 aromatic heterocycles. The number of pyridine rings is 1. The Hall–Kier alpha value is -4.69. The number of benzene rings is 6. The topological polar surface area (TPSA) is 17.3 Å². The molecule has 0 saturated heterocycles. The summed E-state index contributed by atoms with van der Waals surface area (Å²) in [7, 11) is 0. The Balaban J connectivity index is 1.65. The Morgan fingerprint density at radius 3 is 1.86 bits per heavy atom. The van der Waals surface area contributed by atoms with Crippen molar-refractivity contribution in [3.8, 4) is 11.1 Å². The van der Waals surface area contributed by atoms with E-state index in [1.807, 2.05) is 0 Å². The summed E-state index contributed by atoms with van der Waals surface area (Å²) in [6.45, 7) is 0. The van der Waals surface area contributed by atoms with Crippen LogP contribution in [0.25, 0.3) is 71.0 Å². The smallest absolute Gasteiger partial charge is 0.146 e. The number of hydrogen-bond acceptors (Lipinski definition) is 1. The van der Waals surface area contributed by atoms with Crippen molar-refractivity contribution in [1.29, 1.82) is 0 Å². The van der Waals surface area contributed by atoms with Crippen LogP contribution in [-0.4, -0.2) is 9.38 Å². The van der Waals surface area contributed by atoms with Gasteiger partial charge in [-0.2, -0.15) is 0 Å². The van der Waals surface area contributed by atoms with Crippen LogP contribution in [0, 0.1) is 0 Å². The Morgan fingerprint density at radius 2 is 1.06 bits per heavy atom. The lowest BCUT2D eigenvalue weighted by molar-refractivity contribution is 1.32. The maximum absolute atomic E-state index is 5.34. The van der Waals surface area contributed by atoms with E-state index in [4.69, 9.17) is 4.98 Å². The molecule has 8 rings (SSSR count). The molecule has 6 aromatic carbocycles. The molecular formula is C33H20N2. The molecule has 2 heterocycles. The predicted octanol–water partition coefficient (Wildman–Crippen LogP) is 8.77. The average molecular weight is 445 g/mol. The molecular weight excluding hydrogens is 424 g/mol. The molecule has 0 N–H and O–H groups in total. The van der Waals surface area contributed by atoms with E-state index < -0.39 is 0 Å². The fourth-order valence-electron chi connectivity index (χ4n) is 5.79. The minimum Gasteiger partial charge on any atom is -0.291 e. The standard InChI is InChI=1S/C33H20N2/c1-2-10-21(11-3-1)22-18-19-28-29(20-22)25-14-8-9-17-30(25)35-32-27-16-7-5-13-24(27)23-12-4-6-15-26(23)31(32)34-33(28)35/h1-20H. The first-order chi connectivity index (χ1) is 17.4. The Labute approximate surface area is 201 Å². The van der Waals surface area contributed by atoms with Gasteiger partial charge in [0, 0.05) is 21.5 Å². The van der Waals surface area contributed by atoms with Gasteiger partial charge in [0.1, 0.15) is 5.65 Å². The van der Waals surface area contributed by atoms with E-state index in [1.54, 1.807) is 0 Å². The zero-order chi connectivity index (χ0) is 22.9. The molecule has 0 atom stereocenters. The highest BCUT2D eigenvalue weighted by molar-refractivity contribution is 6.26. The van der Waals surface area contributed by atoms with Crippen LogP contribution >= 0.6 is 0 Å². The van der Waals surface area contributed by atoms with Crippen molar-refractivity contribution in [1.82, 2.24) is 9.38 Å². The third-order valence-electron chi connectivity index (χ3n) is 7.33. The summed E-state index contributed by atoms with van der Waals surface area (Å²) in [4.78, 5) is 5.34. The molecule has 2 heteroatoms. The van der Waals surface area contributed by atoms with Crippen LogP contribution in [0.4, 0.5) is 0 Å². The van der Waals surface area contributed by atoms with E-state index in [0.29, 0.717) is 0 Å². The first-order valence-corrected chi connectivity index (χ1v) is 12.0. The van der Waals surface area contributed by atoms with Crippen LogP contribution in [0.15, 0.2) is 121 Å². The van der Waals surface area contributed by atoms with Gasteiger partial charge in [0.15, 0.2) is 0 Å². The van der Waals surface area contributed by atoms with Crippen molar-refractivity contribution >= 4 is 59.9 Å². The van der Waals surface area contributed by atoms with Crippen molar-refractivity contribution in [2.24, 2.45) is 0 Å². The summed E-state index contributed by atoms with van der Waals surface area (Å²) in [6, 6.07) is 43.5. The Kier molecular flexibility index (Phi) is 3.69. The number of aromatic nitrogens is 2. The van der Waals surface area contributed by atoms with E-state index in [2.05, 4.69) is 126 Å². The van der Waals surface area contributed by atoms with Gasteiger partial charge in [-0.1, -0.05) is 103 Å². The van der Waals surface area contributed by atoms with E-state index in [1.165, 1.54) is 59.9 Å². The van der Waals surface area contributed by atoms with Crippen LogP contribution in [0.5, 0.6) is 0 Å². The van der Waals surface area contributed by atoms with Gasteiger partial charge in [-0.05, 0) is 45.5 Å². The van der Waals surface area contributed by atoms with Crippen LogP contribution in [0.1, 0.15) is 0 Å². The van der Waals surface area contributed by atoms with Crippen molar-refractivity contribution in [3.63, 3.8) is 0 Å². The number of hydrogen-bond donors (Lipinski definition) is 0. The fraction of sp³-hybridized carbons (Fsp3) is 0. The SMILES string of the molecule is c1ccc(-c2ccc3c(c2)c2ccccc2n2c3nc3c4ccccc4c4ccccc4c32)cc1. The average Bonchev–Trinajstić information content (AvgIpc) is 3.35. The van der Waals surface area contributed by atoms with Crippen LogP contribution < -0.4 is 0 Å². The minimum atomic E-state index is 1.01. The normalized spacial score (nSPS) is 12.0. The molecule has 0 fully saturated rings. The monoisotopic (exact) mass is 444 g/mol. The van der Waals surface area contributed by atoms with Crippen molar-refractivity contribution in [2.45, 2.75) is 0 Å². The Bertz CT molecular complexity index is 2100. The van der Waals surface area contributed by atoms with Gasteiger partial charge in [-0.3, -0.25) is 4.40 Å². The maximum Gasteiger partial charge on any atom is 0.146 e. The van der Waals surface area contributed by atoms with E-state index in [0.717, 1.165) is 11.2 Å². The molecule has 0 aliphatic carbocycles. The third-order valence-corrected chi connectivity index (χ3v) is 7.33. The Morgan fingerprint density at radius 1 is 0.429 bits per heavy atom. The summed E-state index contributed by atoms with van der Waals surface area (Å²) in [6.07, 6.45) is 0. The van der Waals surface area contributed by atoms with Crippen LogP contribution in [0.3, 0.4) is 0 Å². The van der Waals surface area contributed by atoms with Gasteiger partial charge in [-0.15, -0.1) is 0 Å². The lowest BCUT2D eigenvalue weighted by Gasteiger charge is -2.12. The molecule has 0 amide bonds. The van der Waals surface area contributed by atoms with E-state index in [-0.39, 0.29) is 0 Å². The van der Waals surface area contributed by atoms with Gasteiger partial charge in [-0.25, -0.2) is 4.98 Å². The summed E-state index contributed by atoms with van der Waals surface area (Å²) in [5, 5.41) is 8.59. The van der Waals surface area contributed by atoms with Crippen molar-refractivity contribution in [2.75, 3.05) is 0 Å². The molecule has 162 valence electrons. The molecule has 8 aromatic rings. The van der Waals surface area contributed by atoms with E-state index >= 15 is 0 Å². The predicted molar refractivity (Wildman–Crippen MR) is 148 cm³/mol. The minimum absolute atomic E-state index is 1.01. The van der Waals surface area contributed by atoms with Crippen LogP contribution in [0.2, 0.25) is 0 Å². The zero-order valence-corrected chi connectivity index (χ0v) is 18.9. The van der Waals surface area contributed by atoms with Gasteiger partial charge in [0.25, 0.3) is 0 Å². The second-order valence-corrected chi connectivity index (χ2v) is 9.20. The lowest BCUT2D eigenvalue weighted by Crippen LogP contribution is -1.92. The van der Waals surface area contributed by atoms with Gasteiger partial charge in [0.2, 0.25) is 0 Å². The highest BCUT2D eigenvalue weighted by Gasteiger charge is 2.18. The first-order valence-electron chi connectivity index (χ1n) is 12.0. The van der Waals surface area contributed by atoms with Gasteiger partial charge < -0.3 is 0 Å². The molecule has 2 nitrogen and oxygen atoms in total. The number of fused-ring (bicyclic) bond motifs is 13. The molecule has 0 saturated carbocycles. The highest BCUT2D eigenvalue weighted by atomic mass is 15.0. The molecule has 0 radical (unpaired) electrons. The van der Waals surface area contributed by atoms with Crippen molar-refractivity contribution < 1.29 is 0 Å². The molecule has 0 unspecified atom stereocenters. The number of nitrogens with zero attached hydrogens (tertiary/aromatic N) is 2. The summed E-state index contributed by atoms with van der Waals surface area (Å²) < 4.78 is 2.38. The van der Waals surface area contributed by atoms with Gasteiger partial charge >= 0.3 is 0 Å². The summed E-state index contributed by atoms with van der Waals surface area (Å²) >= 11 is 0. The molecule has 0 aliphatic heterocycles. The number of imidazole rings is 1. The fourth-order valence-corrected chi connectivity index (χ4v) is 5.79. The number of para-hydroxylation sites is 1. The third kappa shape index (κ3) is 2.51. The first kappa shape index (κ1) is 18.7. The summed E-state index contributed by atoms with van der Waals surface area (Å²) in [5.74, 6) is 0. The van der Waals surface area contributed by atoms with Gasteiger partial charge in [0.05, 0.1) is 16.6 Å². The lowest BCUT2D eigenvalue weighted by atomic mass is 9.98. The molecule has 0 spiro atoms. The van der Waals surface area contributed by atoms with Crippen molar-refractivity contribution in [3.05, 3.63) is 121 Å². The molecule has 0 bridgehead atoms. The second kappa shape index (κ2) is 6.91. The second-order valence-electron chi connectivity index (χ2n) is 9.20. The molecule has 35 heavy (non-hydrogen) atoms. The highest BCUT2D eigenvalue weighted by Crippen LogP contribution is 2.40. The summed E-state index contributed by atoms with van der Waals surface area (Å²) in [5.41, 5.74) is 6.88. The number of rotatable bonds is 1. The largest absolute Gasteiger partial charge is 0.291 e.